The standard InChI is InChI=1S/C28H35ClN10O2/c1-19(16-38-18-32-35-36-38)41-27-13-21(3-4-25(27)29)22-14-30-28(31-15-22)33-26-17-39(34-20(26)2)24-5-9-37(10-6-24)23-7-11-40-12-8-23/h3-4,13-15,17-19,23-24H,5-12,16H2,1-2H3,(H,30,31,33)/t19-/m0/s1. The van der Waals surface area contributed by atoms with E-state index in [2.05, 4.69) is 46.6 Å². The van der Waals surface area contributed by atoms with Crippen molar-refractivity contribution in [2.45, 2.75) is 64.3 Å². The van der Waals surface area contributed by atoms with Crippen molar-refractivity contribution in [3.05, 3.63) is 53.8 Å². The van der Waals surface area contributed by atoms with Crippen LogP contribution in [0.3, 0.4) is 0 Å². The van der Waals surface area contributed by atoms with Gasteiger partial charge in [-0.1, -0.05) is 17.7 Å². The Kier molecular flexibility index (Phi) is 8.40. The summed E-state index contributed by atoms with van der Waals surface area (Å²) in [5.74, 6) is 1.10. The molecule has 12 nitrogen and oxygen atoms in total. The van der Waals surface area contributed by atoms with Gasteiger partial charge in [-0.2, -0.15) is 5.10 Å². The lowest BCUT2D eigenvalue weighted by Gasteiger charge is -2.39. The van der Waals surface area contributed by atoms with Crippen LogP contribution in [0.5, 0.6) is 5.75 Å². The largest absolute Gasteiger partial charge is 0.487 e. The SMILES string of the molecule is Cc1nn(C2CCN(C3CCOCC3)CC2)cc1Nc1ncc(-c2ccc(Cl)c(O[C@@H](C)Cn3cnnn3)c2)cn1. The van der Waals surface area contributed by atoms with E-state index in [0.717, 1.165) is 74.5 Å². The number of halogens is 1. The molecular weight excluding hydrogens is 544 g/mol. The Morgan fingerprint density at radius 2 is 1.85 bits per heavy atom. The van der Waals surface area contributed by atoms with Crippen LogP contribution in [-0.2, 0) is 11.3 Å². The first-order chi connectivity index (χ1) is 20.0. The van der Waals surface area contributed by atoms with Gasteiger partial charge in [-0.15, -0.1) is 5.10 Å². The highest BCUT2D eigenvalue weighted by molar-refractivity contribution is 6.32. The second-order valence-electron chi connectivity index (χ2n) is 10.7. The van der Waals surface area contributed by atoms with E-state index < -0.39 is 0 Å². The van der Waals surface area contributed by atoms with Crippen LogP contribution in [0.2, 0.25) is 5.02 Å². The molecule has 2 aliphatic heterocycles. The molecule has 1 aromatic carbocycles. The Balaban J connectivity index is 1.07. The molecule has 216 valence electrons. The number of hydrogen-bond acceptors (Lipinski definition) is 10. The summed E-state index contributed by atoms with van der Waals surface area (Å²) in [7, 11) is 0. The molecule has 13 heteroatoms. The molecule has 41 heavy (non-hydrogen) atoms. The van der Waals surface area contributed by atoms with Gasteiger partial charge in [-0.05, 0) is 67.7 Å². The summed E-state index contributed by atoms with van der Waals surface area (Å²) in [5.41, 5.74) is 3.61. The first-order valence-electron chi connectivity index (χ1n) is 14.2. The molecule has 4 aromatic rings. The number of nitrogens with one attached hydrogen (secondary N) is 1. The molecule has 2 saturated heterocycles. The topological polar surface area (TPSA) is 121 Å². The van der Waals surface area contributed by atoms with Crippen molar-refractivity contribution in [2.24, 2.45) is 0 Å². The van der Waals surface area contributed by atoms with Crippen molar-refractivity contribution in [3.63, 3.8) is 0 Å². The average Bonchev–Trinajstić information content (AvgIpc) is 3.64. The van der Waals surface area contributed by atoms with Crippen molar-refractivity contribution in [3.8, 4) is 16.9 Å². The van der Waals surface area contributed by atoms with Crippen molar-refractivity contribution in [1.82, 2.24) is 44.9 Å². The molecule has 2 fully saturated rings. The molecule has 1 N–H and O–H groups in total. The number of aryl methyl sites for hydroxylation is 1. The fraction of sp³-hybridized carbons (Fsp3) is 0.500. The first kappa shape index (κ1) is 27.6. The molecule has 0 amide bonds. The van der Waals surface area contributed by atoms with Gasteiger partial charge in [0.15, 0.2) is 0 Å². The van der Waals surface area contributed by atoms with Crippen LogP contribution in [0.1, 0.15) is 44.3 Å². The molecule has 0 bridgehead atoms. The van der Waals surface area contributed by atoms with E-state index in [1.54, 1.807) is 23.4 Å². The Morgan fingerprint density at radius 3 is 2.59 bits per heavy atom. The molecule has 0 radical (unpaired) electrons. The van der Waals surface area contributed by atoms with E-state index in [1.165, 1.54) is 0 Å². The summed E-state index contributed by atoms with van der Waals surface area (Å²) in [6.45, 7) is 8.45. The summed E-state index contributed by atoms with van der Waals surface area (Å²) in [6, 6.07) is 6.70. The number of likely N-dealkylation sites (tertiary alicyclic amines) is 1. The number of nitrogens with zero attached hydrogens (tertiary/aromatic N) is 9. The van der Waals surface area contributed by atoms with Gasteiger partial charge in [0.2, 0.25) is 5.95 Å². The van der Waals surface area contributed by atoms with Crippen LogP contribution in [0.25, 0.3) is 11.1 Å². The van der Waals surface area contributed by atoms with E-state index in [4.69, 9.17) is 26.2 Å². The lowest BCUT2D eigenvalue weighted by molar-refractivity contribution is 0.0212. The zero-order chi connectivity index (χ0) is 28.2. The summed E-state index contributed by atoms with van der Waals surface area (Å²) in [4.78, 5) is 11.8. The summed E-state index contributed by atoms with van der Waals surface area (Å²) >= 11 is 6.41. The quantitative estimate of drug-likeness (QED) is 0.307. The van der Waals surface area contributed by atoms with Crippen LogP contribution >= 0.6 is 11.6 Å². The molecule has 0 spiro atoms. The normalized spacial score (nSPS) is 17.9. The third-order valence-corrected chi connectivity index (χ3v) is 8.14. The van der Waals surface area contributed by atoms with Crippen LogP contribution in [-0.4, -0.2) is 83.3 Å². The van der Waals surface area contributed by atoms with E-state index in [-0.39, 0.29) is 6.10 Å². The van der Waals surface area contributed by atoms with Gasteiger partial charge in [-0.25, -0.2) is 14.6 Å². The minimum atomic E-state index is -0.183. The summed E-state index contributed by atoms with van der Waals surface area (Å²) < 4.78 is 15.3. The second kappa shape index (κ2) is 12.5. The highest BCUT2D eigenvalue weighted by atomic mass is 35.5. The van der Waals surface area contributed by atoms with Crippen molar-refractivity contribution < 1.29 is 9.47 Å². The molecular formula is C28H35ClN10O2. The molecule has 6 rings (SSSR count). The molecule has 0 aliphatic carbocycles. The Morgan fingerprint density at radius 1 is 1.07 bits per heavy atom. The number of benzene rings is 1. The smallest absolute Gasteiger partial charge is 0.227 e. The maximum absolute atomic E-state index is 6.41. The number of ether oxygens (including phenoxy) is 2. The number of rotatable bonds is 9. The molecule has 5 heterocycles. The molecule has 0 saturated carbocycles. The van der Waals surface area contributed by atoms with Crippen LogP contribution < -0.4 is 10.1 Å². The highest BCUT2D eigenvalue weighted by Gasteiger charge is 2.28. The zero-order valence-corrected chi connectivity index (χ0v) is 24.1. The molecule has 1 atom stereocenters. The van der Waals surface area contributed by atoms with E-state index in [0.29, 0.717) is 35.3 Å². The summed E-state index contributed by atoms with van der Waals surface area (Å²) in [6.07, 6.45) is 11.5. The van der Waals surface area contributed by atoms with Gasteiger partial charge < -0.3 is 19.7 Å². The minimum absolute atomic E-state index is 0.183. The number of hydrogen-bond donors (Lipinski definition) is 1. The van der Waals surface area contributed by atoms with Crippen LogP contribution in [0.15, 0.2) is 43.1 Å². The van der Waals surface area contributed by atoms with Crippen molar-refractivity contribution in [1.29, 1.82) is 0 Å². The minimum Gasteiger partial charge on any atom is -0.487 e. The van der Waals surface area contributed by atoms with E-state index >= 15 is 0 Å². The highest BCUT2D eigenvalue weighted by Crippen LogP contribution is 2.32. The monoisotopic (exact) mass is 578 g/mol. The molecule has 0 unspecified atom stereocenters. The average molecular weight is 579 g/mol. The van der Waals surface area contributed by atoms with Gasteiger partial charge >= 0.3 is 0 Å². The van der Waals surface area contributed by atoms with Crippen LogP contribution in [0.4, 0.5) is 11.6 Å². The third kappa shape index (κ3) is 6.66. The number of piperidine rings is 1. The number of anilines is 2. The fourth-order valence-corrected chi connectivity index (χ4v) is 5.74. The van der Waals surface area contributed by atoms with Gasteiger partial charge in [0, 0.05) is 56.5 Å². The van der Waals surface area contributed by atoms with E-state index in [1.807, 2.05) is 32.0 Å². The predicted molar refractivity (Wildman–Crippen MR) is 154 cm³/mol. The maximum Gasteiger partial charge on any atom is 0.227 e. The first-order valence-corrected chi connectivity index (χ1v) is 14.5. The molecule has 3 aromatic heterocycles. The lowest BCUT2D eigenvalue weighted by Crippen LogP contribution is -2.44. The predicted octanol–water partition coefficient (Wildman–Crippen LogP) is 4.32. The van der Waals surface area contributed by atoms with Gasteiger partial charge in [0.25, 0.3) is 0 Å². The van der Waals surface area contributed by atoms with Gasteiger partial charge in [0.1, 0.15) is 18.2 Å². The van der Waals surface area contributed by atoms with Crippen molar-refractivity contribution in [2.75, 3.05) is 31.6 Å². The molecule has 2 aliphatic rings. The fourth-order valence-electron chi connectivity index (χ4n) is 5.57. The Labute approximate surface area is 244 Å². The number of tetrazole rings is 1. The van der Waals surface area contributed by atoms with E-state index in [9.17, 15) is 0 Å². The third-order valence-electron chi connectivity index (χ3n) is 7.82. The zero-order valence-electron chi connectivity index (χ0n) is 23.4. The lowest BCUT2D eigenvalue weighted by atomic mass is 10.00. The second-order valence-corrected chi connectivity index (χ2v) is 11.2. The summed E-state index contributed by atoms with van der Waals surface area (Å²) in [5, 5.41) is 19.9. The van der Waals surface area contributed by atoms with Crippen molar-refractivity contribution >= 4 is 23.2 Å². The van der Waals surface area contributed by atoms with Crippen LogP contribution in [0, 0.1) is 6.92 Å². The van der Waals surface area contributed by atoms with Gasteiger partial charge in [0.05, 0.1) is 29.0 Å². The Hall–Kier alpha value is -3.61. The maximum atomic E-state index is 6.41. The number of aromatic nitrogens is 8. The Bertz CT molecular complexity index is 1410. The van der Waals surface area contributed by atoms with Gasteiger partial charge in [-0.3, -0.25) is 4.68 Å².